The fraction of sp³-hybridized carbons (Fsp3) is 0. The molecule has 1 aromatic heterocycles. The molecule has 0 aliphatic carbocycles. The Balaban J connectivity index is 0.000000220. The molecule has 0 saturated heterocycles. The molecule has 0 radical (unpaired) electrons. The molecular weight excluding hydrogens is 232 g/mol. The summed E-state index contributed by atoms with van der Waals surface area (Å²) in [7, 11) is 0. The van der Waals surface area contributed by atoms with Gasteiger partial charge in [-0.15, -0.1) is 0 Å². The smallest absolute Gasteiger partial charge is 0.0267 e. The van der Waals surface area contributed by atoms with E-state index in [9.17, 15) is 0 Å². The molecule has 0 fully saturated rings. The van der Waals surface area contributed by atoms with Crippen molar-refractivity contribution in [2.75, 3.05) is 0 Å². The molecule has 0 bridgehead atoms. The second-order valence-corrected chi connectivity index (χ2v) is 3.76. The van der Waals surface area contributed by atoms with Crippen LogP contribution in [0, 0.1) is 0 Å². The molecule has 3 rings (SSSR count). The Morgan fingerprint density at radius 3 is 1.11 bits per heavy atom. The Morgan fingerprint density at radius 1 is 0.474 bits per heavy atom. The first-order valence-corrected chi connectivity index (χ1v) is 5.92. The van der Waals surface area contributed by atoms with E-state index in [4.69, 9.17) is 0 Å². The second kappa shape index (κ2) is 8.61. The fourth-order valence-electron chi connectivity index (χ4n) is 1.57. The summed E-state index contributed by atoms with van der Waals surface area (Å²) in [5, 5.41) is 0. The van der Waals surface area contributed by atoms with Gasteiger partial charge in [-0.2, -0.15) is 0 Å². The van der Waals surface area contributed by atoms with Crippen molar-refractivity contribution < 1.29 is 0 Å². The van der Waals surface area contributed by atoms with Gasteiger partial charge in [0.05, 0.1) is 0 Å². The maximum Gasteiger partial charge on any atom is 0.0267 e. The third-order valence-corrected chi connectivity index (χ3v) is 2.45. The predicted molar refractivity (Wildman–Crippen MR) is 81.1 cm³/mol. The van der Waals surface area contributed by atoms with Crippen LogP contribution in [0.15, 0.2) is 91.3 Å². The monoisotopic (exact) mass is 250 g/mol. The van der Waals surface area contributed by atoms with Crippen LogP contribution in [-0.4, -0.2) is 4.98 Å². The molecule has 2 heteroatoms. The van der Waals surface area contributed by atoms with E-state index in [1.165, 1.54) is 11.1 Å². The molecule has 3 N–H and O–H groups in total. The minimum atomic E-state index is 0. The summed E-state index contributed by atoms with van der Waals surface area (Å²) >= 11 is 0. The van der Waals surface area contributed by atoms with Crippen LogP contribution in [0.4, 0.5) is 0 Å². The Hall–Kier alpha value is -2.45. The van der Waals surface area contributed by atoms with Crippen molar-refractivity contribution in [2.45, 2.75) is 0 Å². The van der Waals surface area contributed by atoms with Crippen molar-refractivity contribution in [2.24, 2.45) is 0 Å². The lowest BCUT2D eigenvalue weighted by atomic mass is 10.1. The molecule has 0 atom stereocenters. The SMILES string of the molecule is N.c1ccc(-c2ccccc2)cc1.c1ccncc1. The van der Waals surface area contributed by atoms with Gasteiger partial charge in [0.1, 0.15) is 0 Å². The molecule has 2 nitrogen and oxygen atoms in total. The van der Waals surface area contributed by atoms with Gasteiger partial charge in [-0.3, -0.25) is 4.98 Å². The summed E-state index contributed by atoms with van der Waals surface area (Å²) in [6, 6.07) is 26.5. The molecule has 0 amide bonds. The molecule has 0 spiro atoms. The van der Waals surface area contributed by atoms with Crippen molar-refractivity contribution in [3.63, 3.8) is 0 Å². The van der Waals surface area contributed by atoms with Crippen LogP contribution in [0.25, 0.3) is 11.1 Å². The molecule has 19 heavy (non-hydrogen) atoms. The fourth-order valence-corrected chi connectivity index (χ4v) is 1.57. The van der Waals surface area contributed by atoms with Gasteiger partial charge >= 0.3 is 0 Å². The highest BCUT2D eigenvalue weighted by atomic mass is 14.6. The zero-order chi connectivity index (χ0) is 12.5. The Morgan fingerprint density at radius 2 is 0.842 bits per heavy atom. The van der Waals surface area contributed by atoms with Crippen LogP contribution in [0.2, 0.25) is 0 Å². The maximum absolute atomic E-state index is 3.78. The zero-order valence-electron chi connectivity index (χ0n) is 10.8. The van der Waals surface area contributed by atoms with Gasteiger partial charge in [0.15, 0.2) is 0 Å². The molecule has 0 aliphatic rings. The van der Waals surface area contributed by atoms with E-state index in [0.717, 1.165) is 0 Å². The van der Waals surface area contributed by atoms with E-state index in [0.29, 0.717) is 0 Å². The molecule has 0 unspecified atom stereocenters. The Kier molecular flexibility index (Phi) is 6.62. The minimum Gasteiger partial charge on any atom is -0.344 e. The first-order chi connectivity index (χ1) is 8.97. The summed E-state index contributed by atoms with van der Waals surface area (Å²) in [6.07, 6.45) is 3.50. The summed E-state index contributed by atoms with van der Waals surface area (Å²) in [4.78, 5) is 3.78. The van der Waals surface area contributed by atoms with Crippen LogP contribution in [0.5, 0.6) is 0 Å². The molecule has 3 aromatic rings. The van der Waals surface area contributed by atoms with Gasteiger partial charge in [0, 0.05) is 12.4 Å². The van der Waals surface area contributed by atoms with E-state index in [2.05, 4.69) is 53.5 Å². The minimum absolute atomic E-state index is 0. The Bertz CT molecular complexity index is 472. The lowest BCUT2D eigenvalue weighted by molar-refractivity contribution is 1.33. The van der Waals surface area contributed by atoms with Crippen molar-refractivity contribution in [3.05, 3.63) is 91.3 Å². The number of aromatic nitrogens is 1. The molecule has 1 heterocycles. The largest absolute Gasteiger partial charge is 0.344 e. The van der Waals surface area contributed by atoms with Gasteiger partial charge < -0.3 is 6.15 Å². The van der Waals surface area contributed by atoms with Crippen LogP contribution < -0.4 is 6.15 Å². The average molecular weight is 250 g/mol. The first-order valence-electron chi connectivity index (χ1n) is 5.92. The predicted octanol–water partition coefficient (Wildman–Crippen LogP) is 4.60. The highest BCUT2D eigenvalue weighted by Gasteiger charge is 1.91. The summed E-state index contributed by atoms with van der Waals surface area (Å²) in [5.74, 6) is 0. The van der Waals surface area contributed by atoms with Crippen molar-refractivity contribution in [1.82, 2.24) is 11.1 Å². The number of pyridine rings is 1. The summed E-state index contributed by atoms with van der Waals surface area (Å²) in [6.45, 7) is 0. The quantitative estimate of drug-likeness (QED) is 0.686. The lowest BCUT2D eigenvalue weighted by Gasteiger charge is -1.98. The first kappa shape index (κ1) is 14.6. The standard InChI is InChI=1S/C12H10.C5H5N.H3N/c1-3-7-11(8-4-1)12-9-5-2-6-10-12;1-2-4-6-5-3-1;/h1-10H;1-5H;1H3. The highest BCUT2D eigenvalue weighted by molar-refractivity contribution is 5.62. The van der Waals surface area contributed by atoms with Gasteiger partial charge in [-0.05, 0) is 23.3 Å². The number of hydrogen-bond donors (Lipinski definition) is 1. The normalized spacial score (nSPS) is 8.63. The van der Waals surface area contributed by atoms with Crippen LogP contribution >= 0.6 is 0 Å². The highest BCUT2D eigenvalue weighted by Crippen LogP contribution is 2.17. The van der Waals surface area contributed by atoms with Gasteiger partial charge in [-0.25, -0.2) is 0 Å². The maximum atomic E-state index is 3.78. The van der Waals surface area contributed by atoms with Crippen molar-refractivity contribution >= 4 is 0 Å². The zero-order valence-corrected chi connectivity index (χ0v) is 10.8. The third-order valence-electron chi connectivity index (χ3n) is 2.45. The number of nitrogens with zero attached hydrogens (tertiary/aromatic N) is 1. The molecule has 96 valence electrons. The number of hydrogen-bond acceptors (Lipinski definition) is 2. The van der Waals surface area contributed by atoms with E-state index < -0.39 is 0 Å². The van der Waals surface area contributed by atoms with E-state index in [1.807, 2.05) is 30.3 Å². The third kappa shape index (κ3) is 5.15. The molecule has 0 aliphatic heterocycles. The number of rotatable bonds is 1. The van der Waals surface area contributed by atoms with E-state index in [-0.39, 0.29) is 6.15 Å². The summed E-state index contributed by atoms with van der Waals surface area (Å²) < 4.78 is 0. The van der Waals surface area contributed by atoms with Crippen LogP contribution in [0.1, 0.15) is 0 Å². The Labute approximate surface area is 114 Å². The average Bonchev–Trinajstić information content (AvgIpc) is 2.51. The molecule has 0 saturated carbocycles. The molecule has 2 aromatic carbocycles. The lowest BCUT2D eigenvalue weighted by Crippen LogP contribution is -1.73. The summed E-state index contributed by atoms with van der Waals surface area (Å²) in [5.41, 5.74) is 2.55. The second-order valence-electron chi connectivity index (χ2n) is 3.76. The van der Waals surface area contributed by atoms with E-state index >= 15 is 0 Å². The van der Waals surface area contributed by atoms with Gasteiger partial charge in [0.2, 0.25) is 0 Å². The number of benzene rings is 2. The van der Waals surface area contributed by atoms with Gasteiger partial charge in [-0.1, -0.05) is 66.7 Å². The van der Waals surface area contributed by atoms with Crippen LogP contribution in [0.3, 0.4) is 0 Å². The van der Waals surface area contributed by atoms with Gasteiger partial charge in [0.25, 0.3) is 0 Å². The topological polar surface area (TPSA) is 47.9 Å². The van der Waals surface area contributed by atoms with Crippen molar-refractivity contribution in [3.8, 4) is 11.1 Å². The van der Waals surface area contributed by atoms with Crippen LogP contribution in [-0.2, 0) is 0 Å². The molecular formula is C17H18N2. The van der Waals surface area contributed by atoms with E-state index in [1.54, 1.807) is 12.4 Å². The van der Waals surface area contributed by atoms with Crippen molar-refractivity contribution in [1.29, 1.82) is 0 Å².